The van der Waals surface area contributed by atoms with E-state index in [-0.39, 0.29) is 70.9 Å². The van der Waals surface area contributed by atoms with E-state index < -0.39 is 120 Å². The van der Waals surface area contributed by atoms with Crippen LogP contribution >= 0.6 is 0 Å². The minimum Gasteiger partial charge on any atom is -0.459 e. The van der Waals surface area contributed by atoms with Crippen LogP contribution in [-0.2, 0) is 33.2 Å². The highest BCUT2D eigenvalue weighted by Gasteiger charge is 2.59. The van der Waals surface area contributed by atoms with Crippen LogP contribution in [0.5, 0.6) is 0 Å². The van der Waals surface area contributed by atoms with E-state index in [1.54, 1.807) is 86.5 Å². The van der Waals surface area contributed by atoms with Crippen LogP contribution in [0, 0.1) is 17.8 Å². The molecule has 1 aromatic carbocycles. The zero-order chi connectivity index (χ0) is 53.2. The lowest BCUT2D eigenvalue weighted by molar-refractivity contribution is -0.340. The van der Waals surface area contributed by atoms with Crippen molar-refractivity contribution in [2.24, 2.45) is 17.8 Å². The highest BCUT2D eigenvalue weighted by atomic mass is 19.4. The van der Waals surface area contributed by atoms with Crippen LogP contribution in [-0.4, -0.2) is 209 Å². The van der Waals surface area contributed by atoms with Gasteiger partial charge in [-0.2, -0.15) is 13.2 Å². The second kappa shape index (κ2) is 23.4. The molecule has 0 radical (unpaired) electrons. The lowest BCUT2D eigenvalue weighted by Crippen LogP contribution is -2.71. The number of carbonyl (C=O) groups excluding carboxylic acids is 2. The molecule has 18 atom stereocenters. The number of amides is 2. The Balaban J connectivity index is 1.53. The number of alkyl halides is 3. The van der Waals surface area contributed by atoms with Crippen molar-refractivity contribution >= 4 is 17.7 Å². The Hall–Kier alpha value is -2.77. The summed E-state index contributed by atoms with van der Waals surface area (Å²) in [5.41, 5.74) is -6.23. The largest absolute Gasteiger partial charge is 0.460 e. The van der Waals surface area contributed by atoms with Gasteiger partial charge in [-0.3, -0.25) is 14.6 Å². The summed E-state index contributed by atoms with van der Waals surface area (Å²) in [6.45, 7) is 16.3. The average Bonchev–Trinajstić information content (AvgIpc) is 3.31. The fourth-order valence-electron chi connectivity index (χ4n) is 11.2. The summed E-state index contributed by atoms with van der Waals surface area (Å²) < 4.78 is 79.2. The summed E-state index contributed by atoms with van der Waals surface area (Å²) in [5.74, 6) is -3.30. The number of piperazine rings is 1. The van der Waals surface area contributed by atoms with Gasteiger partial charge >= 0.3 is 18.3 Å². The highest BCUT2D eigenvalue weighted by molar-refractivity contribution is 5.91. The molecule has 0 spiro atoms. The van der Waals surface area contributed by atoms with Crippen molar-refractivity contribution in [3.8, 4) is 0 Å². The Morgan fingerprint density at radius 1 is 0.930 bits per heavy atom. The summed E-state index contributed by atoms with van der Waals surface area (Å²) in [6.07, 6.45) is -14.9. The van der Waals surface area contributed by atoms with E-state index in [0.29, 0.717) is 10.6 Å². The SMILES string of the molecule is CC[C@H]1OC(=O)[C@H](C)[C@@H](O[C@H]2C[C@@](C)(OC)[C@](O)(CN3CCN(C(F)(F)F)CC3)[C@H](C)O2)[C@H](C)[C@@H](O[C@@H]2O[C@H](C)C[C@H](N(C)C(=O)N(C)c3ccccc3)[C@H]2O)[C@](C)(O)C[C@@H](C)CN[C@H](C)[C@@H](O)[C@]1(C)O. The van der Waals surface area contributed by atoms with Gasteiger partial charge in [-0.05, 0) is 92.3 Å². The molecule has 18 nitrogen and oxygen atoms in total. The van der Waals surface area contributed by atoms with Crippen molar-refractivity contribution in [3.05, 3.63) is 30.3 Å². The number of nitrogens with zero attached hydrogens (tertiary/aromatic N) is 4. The fourth-order valence-corrected chi connectivity index (χ4v) is 11.2. The maximum atomic E-state index is 14.6. The molecule has 0 aliphatic carbocycles. The van der Waals surface area contributed by atoms with Gasteiger partial charge in [0.2, 0.25) is 0 Å². The third kappa shape index (κ3) is 13.2. The molecular formula is C50H84F3N5O13. The van der Waals surface area contributed by atoms with E-state index in [9.17, 15) is 48.3 Å². The number of ether oxygens (including phenoxy) is 6. The Labute approximate surface area is 418 Å². The molecule has 0 bridgehead atoms. The molecule has 4 aliphatic heterocycles. The van der Waals surface area contributed by atoms with Crippen molar-refractivity contribution in [3.63, 3.8) is 0 Å². The number of benzene rings is 1. The number of rotatable bonds is 10. The van der Waals surface area contributed by atoms with Crippen LogP contribution in [0.3, 0.4) is 0 Å². The predicted octanol–water partition coefficient (Wildman–Crippen LogP) is 3.69. The normalized spacial score (nSPS) is 42.1. The van der Waals surface area contributed by atoms with Crippen molar-refractivity contribution in [1.82, 2.24) is 20.0 Å². The number of methoxy groups -OCH3 is 1. The number of aliphatic hydroxyl groups excluding tert-OH is 2. The zero-order valence-corrected chi connectivity index (χ0v) is 44.0. The van der Waals surface area contributed by atoms with Gasteiger partial charge in [0.25, 0.3) is 0 Å². The summed E-state index contributed by atoms with van der Waals surface area (Å²) in [6, 6.07) is 7.15. The zero-order valence-electron chi connectivity index (χ0n) is 44.0. The molecule has 21 heteroatoms. The van der Waals surface area contributed by atoms with Crippen molar-refractivity contribution in [1.29, 1.82) is 0 Å². The molecule has 71 heavy (non-hydrogen) atoms. The van der Waals surface area contributed by atoms with E-state index >= 15 is 0 Å². The average molecular weight is 1020 g/mol. The molecule has 0 unspecified atom stereocenters. The molecule has 4 fully saturated rings. The van der Waals surface area contributed by atoms with Gasteiger partial charge in [0, 0.05) is 78.0 Å². The summed E-state index contributed by atoms with van der Waals surface area (Å²) in [5, 5.41) is 64.0. The minimum atomic E-state index is -4.48. The van der Waals surface area contributed by atoms with Crippen LogP contribution in [0.15, 0.2) is 30.3 Å². The number of urea groups is 1. The fraction of sp³-hybridized carbons (Fsp3) is 0.840. The number of esters is 1. The van der Waals surface area contributed by atoms with Crippen molar-refractivity contribution in [2.75, 3.05) is 65.4 Å². The van der Waals surface area contributed by atoms with E-state index in [2.05, 4.69) is 5.32 Å². The Kier molecular flexibility index (Phi) is 19.5. The van der Waals surface area contributed by atoms with Crippen molar-refractivity contribution < 1.29 is 76.7 Å². The lowest BCUT2D eigenvalue weighted by Gasteiger charge is -2.55. The van der Waals surface area contributed by atoms with Crippen LogP contribution in [0.2, 0.25) is 0 Å². The molecule has 4 heterocycles. The van der Waals surface area contributed by atoms with Crippen LogP contribution in [0.25, 0.3) is 0 Å². The second-order valence-electron chi connectivity index (χ2n) is 21.6. The first-order valence-electron chi connectivity index (χ1n) is 25.2. The number of aliphatic hydroxyl groups is 5. The third-order valence-electron chi connectivity index (χ3n) is 16.0. The smallest absolute Gasteiger partial charge is 0.459 e. The van der Waals surface area contributed by atoms with Gasteiger partial charge in [0.15, 0.2) is 12.6 Å². The Bertz CT molecular complexity index is 1880. The standard InChI is InChI=1S/C50H84F3N5O13/c1-14-37-48(10,64)41(60)33(6)54-27-29(2)25-46(8,63)42(71-44-39(59)36(24-30(3)67-44)56(12)45(62)55(11)35-18-16-15-17-19-35)31(4)40(32(5)43(61)69-37)70-38-26-47(9,66-13)49(65,34(7)68-38)28-57-20-22-58(23-21-57)50(51,52)53/h15-19,29-34,36-42,44,54,59-60,63-65H,14,20-28H2,1-13H3/t29-,30-,31+,32-,33-,34+,36+,37-,38+,39-,40+,41-,42-,44+,46-,47-,48-,49+/m1/s1. The van der Waals surface area contributed by atoms with Gasteiger partial charge in [-0.25, -0.2) is 9.69 Å². The molecule has 6 N–H and O–H groups in total. The van der Waals surface area contributed by atoms with Gasteiger partial charge in [0.1, 0.15) is 35.1 Å². The second-order valence-corrected chi connectivity index (χ2v) is 21.6. The number of likely N-dealkylation sites (N-methyl/N-ethyl adjacent to an activating group) is 1. The predicted molar refractivity (Wildman–Crippen MR) is 257 cm³/mol. The number of hydrogen-bond acceptors (Lipinski definition) is 16. The van der Waals surface area contributed by atoms with E-state index in [1.165, 1.54) is 23.8 Å². The molecule has 0 saturated carbocycles. The number of carbonyl (C=O) groups is 2. The summed E-state index contributed by atoms with van der Waals surface area (Å²) in [7, 11) is 4.63. The monoisotopic (exact) mass is 1020 g/mol. The first-order valence-corrected chi connectivity index (χ1v) is 25.2. The summed E-state index contributed by atoms with van der Waals surface area (Å²) >= 11 is 0. The Morgan fingerprint density at radius 3 is 2.13 bits per heavy atom. The van der Waals surface area contributed by atoms with Crippen molar-refractivity contribution in [2.45, 2.75) is 191 Å². The number of β-amino-alcohol motifs (C(OH)–C–C–N with tert-alkyl or cyclic N) is 1. The number of para-hydroxylation sites is 1. The number of hydrogen-bond donors (Lipinski definition) is 6. The molecular weight excluding hydrogens is 936 g/mol. The quantitative estimate of drug-likeness (QED) is 0.146. The number of halogens is 3. The van der Waals surface area contributed by atoms with Gasteiger partial charge in [-0.15, -0.1) is 0 Å². The van der Waals surface area contributed by atoms with Crippen LogP contribution in [0.1, 0.15) is 94.9 Å². The molecule has 4 aliphatic rings. The van der Waals surface area contributed by atoms with Gasteiger partial charge < -0.3 is 64.2 Å². The molecule has 4 saturated heterocycles. The third-order valence-corrected chi connectivity index (χ3v) is 16.0. The maximum Gasteiger partial charge on any atom is 0.460 e. The van der Waals surface area contributed by atoms with E-state index in [4.69, 9.17) is 28.4 Å². The molecule has 2 amide bonds. The minimum absolute atomic E-state index is 0.0291. The molecule has 1 aromatic rings. The first-order chi connectivity index (χ1) is 32.9. The maximum absolute atomic E-state index is 14.6. The topological polar surface area (TPSA) is 216 Å². The molecule has 5 rings (SSSR count). The number of cyclic esters (lactones) is 1. The summed E-state index contributed by atoms with van der Waals surface area (Å²) in [4.78, 5) is 33.6. The van der Waals surface area contributed by atoms with E-state index in [1.807, 2.05) is 25.1 Å². The first kappa shape index (κ1) is 59.1. The number of anilines is 1. The molecule has 0 aromatic heterocycles. The van der Waals surface area contributed by atoms with Crippen LogP contribution in [0.4, 0.5) is 23.7 Å². The van der Waals surface area contributed by atoms with Crippen LogP contribution < -0.4 is 10.2 Å². The lowest BCUT2D eigenvalue weighted by atomic mass is 9.74. The highest BCUT2D eigenvalue weighted by Crippen LogP contribution is 2.44. The van der Waals surface area contributed by atoms with Gasteiger partial charge in [0.05, 0.1) is 42.0 Å². The number of nitrogens with one attached hydrogen (secondary N) is 1. The van der Waals surface area contributed by atoms with Gasteiger partial charge in [-0.1, -0.05) is 39.0 Å². The Morgan fingerprint density at radius 2 is 1.55 bits per heavy atom. The van der Waals surface area contributed by atoms with E-state index in [0.717, 1.165) is 0 Å². The molecule has 408 valence electrons.